The second kappa shape index (κ2) is 8.77. The largest absolute Gasteiger partial charge is 0.385 e. The highest BCUT2D eigenvalue weighted by Crippen LogP contribution is 2.20. The minimum absolute atomic E-state index is 0.114. The predicted octanol–water partition coefficient (Wildman–Crippen LogP) is 2.93. The first-order valence-corrected chi connectivity index (χ1v) is 6.87. The molecule has 106 valence electrons. The number of halogens is 1. The number of ether oxygens (including phenoxy) is 1. The van der Waals surface area contributed by atoms with Crippen molar-refractivity contribution in [3.05, 3.63) is 28.8 Å². The molecule has 1 aromatic carbocycles. The van der Waals surface area contributed by atoms with Crippen LogP contribution < -0.4 is 10.6 Å². The van der Waals surface area contributed by atoms with Crippen LogP contribution >= 0.6 is 11.6 Å². The van der Waals surface area contributed by atoms with Gasteiger partial charge in [0.2, 0.25) is 0 Å². The van der Waals surface area contributed by atoms with Gasteiger partial charge in [-0.15, -0.1) is 0 Å². The van der Waals surface area contributed by atoms with Gasteiger partial charge in [0.1, 0.15) is 0 Å². The Morgan fingerprint density at radius 1 is 1.37 bits per heavy atom. The van der Waals surface area contributed by atoms with E-state index in [-0.39, 0.29) is 5.91 Å². The van der Waals surface area contributed by atoms with Gasteiger partial charge in [-0.3, -0.25) is 4.79 Å². The van der Waals surface area contributed by atoms with Crippen LogP contribution in [0, 0.1) is 0 Å². The Balaban J connectivity index is 2.67. The number of rotatable bonds is 8. The smallest absolute Gasteiger partial charge is 0.253 e. The molecule has 4 nitrogen and oxygen atoms in total. The van der Waals surface area contributed by atoms with Crippen molar-refractivity contribution in [2.45, 2.75) is 19.8 Å². The maximum Gasteiger partial charge on any atom is 0.253 e. The zero-order valence-corrected chi connectivity index (χ0v) is 12.2. The van der Waals surface area contributed by atoms with Gasteiger partial charge in [0.15, 0.2) is 0 Å². The van der Waals surface area contributed by atoms with Crippen LogP contribution in [0.1, 0.15) is 30.1 Å². The molecule has 1 aromatic rings. The van der Waals surface area contributed by atoms with Crippen LogP contribution in [0.5, 0.6) is 0 Å². The molecule has 1 amide bonds. The first-order chi connectivity index (χ1) is 9.19. The van der Waals surface area contributed by atoms with Crippen molar-refractivity contribution >= 4 is 23.2 Å². The van der Waals surface area contributed by atoms with E-state index in [4.69, 9.17) is 16.3 Å². The van der Waals surface area contributed by atoms with E-state index < -0.39 is 0 Å². The third-order valence-corrected chi connectivity index (χ3v) is 2.84. The van der Waals surface area contributed by atoms with E-state index in [1.165, 1.54) is 0 Å². The second-order valence-corrected chi connectivity index (χ2v) is 4.66. The minimum Gasteiger partial charge on any atom is -0.385 e. The zero-order valence-electron chi connectivity index (χ0n) is 11.5. The molecule has 0 radical (unpaired) electrons. The van der Waals surface area contributed by atoms with Gasteiger partial charge in [0.25, 0.3) is 5.91 Å². The highest BCUT2D eigenvalue weighted by Gasteiger charge is 2.11. The van der Waals surface area contributed by atoms with Crippen LogP contribution in [0.4, 0.5) is 5.69 Å². The first kappa shape index (κ1) is 15.8. The van der Waals surface area contributed by atoms with Gasteiger partial charge in [-0.25, -0.2) is 0 Å². The van der Waals surface area contributed by atoms with Gasteiger partial charge in [0, 0.05) is 37.5 Å². The number of methoxy groups -OCH3 is 1. The summed E-state index contributed by atoms with van der Waals surface area (Å²) >= 11 is 5.95. The van der Waals surface area contributed by atoms with Crippen LogP contribution in [-0.2, 0) is 4.74 Å². The Morgan fingerprint density at radius 3 is 2.84 bits per heavy atom. The van der Waals surface area contributed by atoms with E-state index in [1.54, 1.807) is 19.2 Å². The third-order valence-electron chi connectivity index (χ3n) is 2.60. The summed E-state index contributed by atoms with van der Waals surface area (Å²) in [7, 11) is 1.64. The molecule has 0 fully saturated rings. The molecule has 0 saturated heterocycles. The summed E-state index contributed by atoms with van der Waals surface area (Å²) in [6, 6.07) is 5.30. The quantitative estimate of drug-likeness (QED) is 0.722. The molecular weight excluding hydrogens is 264 g/mol. The van der Waals surface area contributed by atoms with Crippen molar-refractivity contribution in [1.82, 2.24) is 5.32 Å². The van der Waals surface area contributed by atoms with Crippen molar-refractivity contribution in [3.63, 3.8) is 0 Å². The van der Waals surface area contributed by atoms with Gasteiger partial charge in [-0.1, -0.05) is 18.5 Å². The summed E-state index contributed by atoms with van der Waals surface area (Å²) in [6.07, 6.45) is 1.79. The molecule has 0 aliphatic rings. The number of amides is 1. The topological polar surface area (TPSA) is 50.4 Å². The molecule has 0 unspecified atom stereocenters. The highest BCUT2D eigenvalue weighted by atomic mass is 35.5. The molecule has 0 atom stereocenters. The molecule has 1 rings (SSSR count). The van der Waals surface area contributed by atoms with Crippen LogP contribution in [0.15, 0.2) is 18.2 Å². The van der Waals surface area contributed by atoms with E-state index in [1.807, 2.05) is 6.07 Å². The lowest BCUT2D eigenvalue weighted by molar-refractivity contribution is 0.0949. The standard InChI is InChI=1S/C14H21ClN2O2/c1-3-7-16-13-6-5-11(15)10-12(13)14(18)17-8-4-9-19-2/h5-6,10,16H,3-4,7-9H2,1-2H3,(H,17,18). The lowest BCUT2D eigenvalue weighted by Crippen LogP contribution is -2.26. The number of nitrogens with one attached hydrogen (secondary N) is 2. The molecule has 2 N–H and O–H groups in total. The van der Waals surface area contributed by atoms with Crippen molar-refractivity contribution in [3.8, 4) is 0 Å². The fraction of sp³-hybridized carbons (Fsp3) is 0.500. The Labute approximate surface area is 119 Å². The molecule has 19 heavy (non-hydrogen) atoms. The molecular formula is C14H21ClN2O2. The number of carbonyl (C=O) groups excluding carboxylic acids is 1. The molecule has 5 heteroatoms. The lowest BCUT2D eigenvalue weighted by atomic mass is 10.1. The predicted molar refractivity (Wildman–Crippen MR) is 79.1 cm³/mol. The van der Waals surface area contributed by atoms with Gasteiger partial charge in [-0.05, 0) is 31.0 Å². The van der Waals surface area contributed by atoms with Crippen molar-refractivity contribution in [2.24, 2.45) is 0 Å². The number of benzene rings is 1. The lowest BCUT2D eigenvalue weighted by Gasteiger charge is -2.12. The summed E-state index contributed by atoms with van der Waals surface area (Å²) < 4.78 is 4.94. The monoisotopic (exact) mass is 284 g/mol. The number of carbonyl (C=O) groups is 1. The van der Waals surface area contributed by atoms with Gasteiger partial charge in [0.05, 0.1) is 5.56 Å². The van der Waals surface area contributed by atoms with Crippen LogP contribution in [0.3, 0.4) is 0 Å². The Kier molecular flexibility index (Phi) is 7.30. The van der Waals surface area contributed by atoms with Crippen molar-refractivity contribution in [2.75, 3.05) is 32.1 Å². The average Bonchev–Trinajstić information content (AvgIpc) is 2.42. The van der Waals surface area contributed by atoms with Crippen molar-refractivity contribution < 1.29 is 9.53 Å². The molecule has 0 heterocycles. The van der Waals surface area contributed by atoms with Crippen LogP contribution in [-0.4, -0.2) is 32.7 Å². The maximum atomic E-state index is 12.1. The SMILES string of the molecule is CCCNc1ccc(Cl)cc1C(=O)NCCCOC. The average molecular weight is 285 g/mol. The summed E-state index contributed by atoms with van der Waals surface area (Å²) in [5, 5.41) is 6.65. The van der Waals surface area contributed by atoms with Crippen LogP contribution in [0.2, 0.25) is 5.02 Å². The molecule has 0 spiro atoms. The van der Waals surface area contributed by atoms with Crippen molar-refractivity contribution in [1.29, 1.82) is 0 Å². The summed E-state index contributed by atoms with van der Waals surface area (Å²) in [6.45, 7) is 4.13. The molecule has 0 aliphatic heterocycles. The second-order valence-electron chi connectivity index (χ2n) is 4.22. The Bertz CT molecular complexity index is 410. The van der Waals surface area contributed by atoms with Gasteiger partial charge in [-0.2, -0.15) is 0 Å². The highest BCUT2D eigenvalue weighted by molar-refractivity contribution is 6.31. The van der Waals surface area contributed by atoms with E-state index >= 15 is 0 Å². The van der Waals surface area contributed by atoms with Gasteiger partial charge < -0.3 is 15.4 Å². The number of anilines is 1. The molecule has 0 aromatic heterocycles. The molecule has 0 saturated carbocycles. The third kappa shape index (κ3) is 5.49. The molecule has 0 bridgehead atoms. The Hall–Kier alpha value is -1.26. The Morgan fingerprint density at radius 2 is 2.16 bits per heavy atom. The van der Waals surface area contributed by atoms with E-state index in [9.17, 15) is 4.79 Å². The molecule has 0 aliphatic carbocycles. The fourth-order valence-electron chi connectivity index (χ4n) is 1.63. The van der Waals surface area contributed by atoms with E-state index in [2.05, 4.69) is 17.6 Å². The first-order valence-electron chi connectivity index (χ1n) is 6.49. The zero-order chi connectivity index (χ0) is 14.1. The van der Waals surface area contributed by atoms with E-state index in [0.29, 0.717) is 23.7 Å². The summed E-state index contributed by atoms with van der Waals surface area (Å²) in [5.74, 6) is -0.114. The summed E-state index contributed by atoms with van der Waals surface area (Å²) in [5.41, 5.74) is 1.40. The number of hydrogen-bond acceptors (Lipinski definition) is 3. The van der Waals surface area contributed by atoms with Crippen LogP contribution in [0.25, 0.3) is 0 Å². The fourth-order valence-corrected chi connectivity index (χ4v) is 1.80. The summed E-state index contributed by atoms with van der Waals surface area (Å²) in [4.78, 5) is 12.1. The number of hydrogen-bond donors (Lipinski definition) is 2. The minimum atomic E-state index is -0.114. The van der Waals surface area contributed by atoms with E-state index in [0.717, 1.165) is 25.1 Å². The van der Waals surface area contributed by atoms with Gasteiger partial charge >= 0.3 is 0 Å². The maximum absolute atomic E-state index is 12.1. The normalized spacial score (nSPS) is 10.3.